The standard InChI is InChI=1S/C19H22F2N4O5S/c1-11-2-3-12(15(21)14(11)20)10-30-16-13(18(26)27)17(31-24-16)23-19(28)22-4-5-25-6-8-29-9-7-25/h2-3H,4-10H2,1H3,(H,26,27)(H2,22,23,28). The molecule has 1 fully saturated rings. The number of aromatic carboxylic acids is 1. The average molecular weight is 456 g/mol. The molecule has 168 valence electrons. The molecule has 1 aliphatic heterocycles. The van der Waals surface area contributed by atoms with Crippen molar-refractivity contribution in [2.75, 3.05) is 44.7 Å². The van der Waals surface area contributed by atoms with Crippen molar-refractivity contribution in [2.45, 2.75) is 13.5 Å². The molecule has 1 aromatic heterocycles. The lowest BCUT2D eigenvalue weighted by Crippen LogP contribution is -2.42. The van der Waals surface area contributed by atoms with Gasteiger partial charge in [0.25, 0.3) is 0 Å². The molecule has 3 N–H and O–H groups in total. The number of ether oxygens (including phenoxy) is 2. The van der Waals surface area contributed by atoms with Crippen molar-refractivity contribution < 1.29 is 33.0 Å². The number of carboxylic acid groups (broad SMARTS) is 1. The lowest BCUT2D eigenvalue weighted by Gasteiger charge is -2.26. The second kappa shape index (κ2) is 10.5. The zero-order chi connectivity index (χ0) is 22.4. The first-order valence-corrected chi connectivity index (χ1v) is 10.3. The number of anilines is 1. The molecular formula is C19H22F2N4O5S. The van der Waals surface area contributed by atoms with Gasteiger partial charge >= 0.3 is 12.0 Å². The lowest BCUT2D eigenvalue weighted by molar-refractivity contribution is 0.0388. The number of carbonyl (C=O) groups excluding carboxylic acids is 1. The van der Waals surface area contributed by atoms with Gasteiger partial charge in [-0.2, -0.15) is 4.37 Å². The number of nitrogens with zero attached hydrogens (tertiary/aromatic N) is 2. The summed E-state index contributed by atoms with van der Waals surface area (Å²) in [4.78, 5) is 25.9. The Labute approximate surface area is 181 Å². The van der Waals surface area contributed by atoms with E-state index in [1.807, 2.05) is 0 Å². The number of hydrogen-bond donors (Lipinski definition) is 3. The summed E-state index contributed by atoms with van der Waals surface area (Å²) in [6.07, 6.45) is 0. The second-order valence-electron chi connectivity index (χ2n) is 6.79. The Morgan fingerprint density at radius 3 is 2.74 bits per heavy atom. The minimum absolute atomic E-state index is 0.0260. The zero-order valence-corrected chi connectivity index (χ0v) is 17.6. The van der Waals surface area contributed by atoms with Crippen LogP contribution in [0.15, 0.2) is 12.1 Å². The van der Waals surface area contributed by atoms with Gasteiger partial charge in [-0.25, -0.2) is 18.4 Å². The lowest BCUT2D eigenvalue weighted by atomic mass is 10.1. The van der Waals surface area contributed by atoms with Crippen molar-refractivity contribution in [3.05, 3.63) is 40.5 Å². The highest BCUT2D eigenvalue weighted by molar-refractivity contribution is 7.11. The number of hydrogen-bond acceptors (Lipinski definition) is 7. The van der Waals surface area contributed by atoms with Crippen molar-refractivity contribution in [1.29, 1.82) is 0 Å². The van der Waals surface area contributed by atoms with Gasteiger partial charge in [0.15, 0.2) is 17.2 Å². The Morgan fingerprint density at radius 1 is 1.29 bits per heavy atom. The summed E-state index contributed by atoms with van der Waals surface area (Å²) >= 11 is 0.717. The largest absolute Gasteiger partial charge is 0.477 e. The van der Waals surface area contributed by atoms with Crippen molar-refractivity contribution in [1.82, 2.24) is 14.6 Å². The maximum atomic E-state index is 14.0. The maximum Gasteiger partial charge on any atom is 0.344 e. The van der Waals surface area contributed by atoms with Crippen LogP contribution in [-0.4, -0.2) is 65.8 Å². The highest BCUT2D eigenvalue weighted by atomic mass is 32.1. The molecule has 0 atom stereocenters. The molecular weight excluding hydrogens is 434 g/mol. The zero-order valence-electron chi connectivity index (χ0n) is 16.7. The van der Waals surface area contributed by atoms with E-state index < -0.39 is 30.2 Å². The number of morpholine rings is 1. The monoisotopic (exact) mass is 456 g/mol. The molecule has 0 saturated carbocycles. The Kier molecular flexibility index (Phi) is 7.71. The SMILES string of the molecule is Cc1ccc(COc2nsc(NC(=O)NCCN3CCOCC3)c2C(=O)O)c(F)c1F. The number of amides is 2. The number of carboxylic acids is 1. The van der Waals surface area contributed by atoms with Crippen molar-refractivity contribution in [3.8, 4) is 5.88 Å². The highest BCUT2D eigenvalue weighted by Gasteiger charge is 2.24. The Hall–Kier alpha value is -2.83. The fourth-order valence-electron chi connectivity index (χ4n) is 2.89. The first-order chi connectivity index (χ1) is 14.9. The number of aryl methyl sites for hydroxylation is 1. The van der Waals surface area contributed by atoms with Crippen LogP contribution in [0.5, 0.6) is 5.88 Å². The number of halogens is 2. The van der Waals surface area contributed by atoms with Crippen molar-refractivity contribution in [3.63, 3.8) is 0 Å². The van der Waals surface area contributed by atoms with Crippen LogP contribution in [0.25, 0.3) is 0 Å². The molecule has 2 aromatic rings. The fourth-order valence-corrected chi connectivity index (χ4v) is 3.61. The Bertz CT molecular complexity index is 950. The summed E-state index contributed by atoms with van der Waals surface area (Å²) in [7, 11) is 0. The molecule has 9 nitrogen and oxygen atoms in total. The Morgan fingerprint density at radius 2 is 2.03 bits per heavy atom. The van der Waals surface area contributed by atoms with E-state index in [1.54, 1.807) is 0 Å². The second-order valence-corrected chi connectivity index (χ2v) is 7.56. The number of carbonyl (C=O) groups is 2. The van der Waals surface area contributed by atoms with Gasteiger partial charge in [-0.15, -0.1) is 0 Å². The quantitative estimate of drug-likeness (QED) is 0.559. The molecule has 0 bridgehead atoms. The van der Waals surface area contributed by atoms with Crippen LogP contribution >= 0.6 is 11.5 Å². The minimum Gasteiger partial charge on any atom is -0.477 e. The van der Waals surface area contributed by atoms with Crippen LogP contribution in [0, 0.1) is 18.6 Å². The van der Waals surface area contributed by atoms with Gasteiger partial charge in [0.2, 0.25) is 5.88 Å². The van der Waals surface area contributed by atoms with E-state index in [0.29, 0.717) is 37.8 Å². The van der Waals surface area contributed by atoms with Gasteiger partial charge in [-0.05, 0) is 24.0 Å². The predicted molar refractivity (Wildman–Crippen MR) is 109 cm³/mol. The third-order valence-corrected chi connectivity index (χ3v) is 5.38. The van der Waals surface area contributed by atoms with E-state index in [0.717, 1.165) is 13.1 Å². The summed E-state index contributed by atoms with van der Waals surface area (Å²) in [6.45, 7) is 4.88. The summed E-state index contributed by atoms with van der Waals surface area (Å²) in [5.41, 5.74) is -0.295. The van der Waals surface area contributed by atoms with Crippen molar-refractivity contribution >= 4 is 28.5 Å². The Balaban J connectivity index is 1.59. The molecule has 0 spiro atoms. The van der Waals surface area contributed by atoms with Crippen LogP contribution in [0.3, 0.4) is 0 Å². The summed E-state index contributed by atoms with van der Waals surface area (Å²) < 4.78 is 42.1. The van der Waals surface area contributed by atoms with E-state index in [4.69, 9.17) is 9.47 Å². The van der Waals surface area contributed by atoms with Crippen LogP contribution in [-0.2, 0) is 11.3 Å². The minimum atomic E-state index is -1.37. The molecule has 31 heavy (non-hydrogen) atoms. The number of benzene rings is 1. The highest BCUT2D eigenvalue weighted by Crippen LogP contribution is 2.31. The average Bonchev–Trinajstić information content (AvgIpc) is 3.15. The molecule has 2 amide bonds. The van der Waals surface area contributed by atoms with E-state index >= 15 is 0 Å². The number of aromatic nitrogens is 1. The van der Waals surface area contributed by atoms with Gasteiger partial charge in [-0.1, -0.05) is 12.1 Å². The summed E-state index contributed by atoms with van der Waals surface area (Å²) in [5, 5.41) is 14.6. The van der Waals surface area contributed by atoms with Crippen molar-refractivity contribution in [2.24, 2.45) is 0 Å². The molecule has 3 rings (SSSR count). The molecule has 0 radical (unpaired) electrons. The van der Waals surface area contributed by atoms with E-state index in [-0.39, 0.29) is 27.6 Å². The smallest absolute Gasteiger partial charge is 0.344 e. The predicted octanol–water partition coefficient (Wildman–Crippen LogP) is 2.46. The van der Waals surface area contributed by atoms with Crippen LogP contribution in [0.2, 0.25) is 0 Å². The normalized spacial score (nSPS) is 14.3. The van der Waals surface area contributed by atoms with Gasteiger partial charge in [0.05, 0.1) is 13.2 Å². The molecule has 1 aromatic carbocycles. The van der Waals surface area contributed by atoms with Gasteiger partial charge in [0.1, 0.15) is 11.6 Å². The molecule has 2 heterocycles. The van der Waals surface area contributed by atoms with Gasteiger partial charge < -0.3 is 19.9 Å². The summed E-state index contributed by atoms with van der Waals surface area (Å²) in [5.74, 6) is -3.72. The van der Waals surface area contributed by atoms with Crippen LogP contribution in [0.4, 0.5) is 18.6 Å². The molecule has 12 heteroatoms. The molecule has 1 aliphatic rings. The van der Waals surface area contributed by atoms with Crippen LogP contribution in [0.1, 0.15) is 21.5 Å². The van der Waals surface area contributed by atoms with Crippen LogP contribution < -0.4 is 15.4 Å². The third kappa shape index (κ3) is 5.87. The number of rotatable bonds is 8. The first-order valence-electron chi connectivity index (χ1n) is 9.51. The molecule has 0 aliphatic carbocycles. The van der Waals surface area contributed by atoms with E-state index in [1.165, 1.54) is 19.1 Å². The third-order valence-electron chi connectivity index (χ3n) is 4.64. The summed E-state index contributed by atoms with van der Waals surface area (Å²) in [6, 6.07) is 2.16. The van der Waals surface area contributed by atoms with Gasteiger partial charge in [-0.3, -0.25) is 10.2 Å². The maximum absolute atomic E-state index is 14.0. The first kappa shape index (κ1) is 22.8. The number of nitrogens with one attached hydrogen (secondary N) is 2. The van der Waals surface area contributed by atoms with E-state index in [2.05, 4.69) is 19.9 Å². The van der Waals surface area contributed by atoms with Gasteiger partial charge in [0, 0.05) is 31.7 Å². The van der Waals surface area contributed by atoms with E-state index in [9.17, 15) is 23.5 Å². The molecule has 0 unspecified atom stereocenters. The topological polar surface area (TPSA) is 113 Å². The fraction of sp³-hybridized carbons (Fsp3) is 0.421. The number of urea groups is 1. The molecule has 1 saturated heterocycles.